The van der Waals surface area contributed by atoms with Crippen LogP contribution in [0.1, 0.15) is 6.92 Å². The number of hydrogen-bond acceptors (Lipinski definition) is 1. The van der Waals surface area contributed by atoms with Gasteiger partial charge in [0.05, 0.1) is 6.20 Å². The van der Waals surface area contributed by atoms with Crippen LogP contribution in [0.2, 0.25) is 0 Å². The second-order valence-corrected chi connectivity index (χ2v) is 7.30. The zero-order chi connectivity index (χ0) is 8.48. The molecule has 0 fully saturated rings. The van der Waals surface area contributed by atoms with Crippen LogP contribution in [-0.4, -0.2) is 28.0 Å². The molecule has 0 N–H and O–H groups in total. The Kier molecular flexibility index (Phi) is 2.28. The summed E-state index contributed by atoms with van der Waals surface area (Å²) in [6.07, 6.45) is 8.76. The molecule has 2 nitrogen and oxygen atoms in total. The summed E-state index contributed by atoms with van der Waals surface area (Å²) in [7, 11) is 1.41. The van der Waals surface area contributed by atoms with Crippen molar-refractivity contribution in [1.82, 2.24) is 9.78 Å². The van der Waals surface area contributed by atoms with Crippen molar-refractivity contribution in [2.45, 2.75) is 11.8 Å². The third-order valence-electron chi connectivity index (χ3n) is 2.04. The maximum atomic E-state index is 4.17. The average molecular weight is 172 g/mol. The molecule has 64 valence electrons. The molecule has 0 bridgehead atoms. The fraction of sp³-hybridized carbons (Fsp3) is 0.625. The minimum Gasteiger partial charge on any atom is -0.275 e. The van der Waals surface area contributed by atoms with E-state index in [0.717, 1.165) is 0 Å². The number of hydrogen-bond donors (Lipinski definition) is 0. The highest BCUT2D eigenvalue weighted by molar-refractivity contribution is 8.32. The highest BCUT2D eigenvalue weighted by Gasteiger charge is 2.12. The maximum absolute atomic E-state index is 4.17. The minimum absolute atomic E-state index is 0.561. The summed E-state index contributed by atoms with van der Waals surface area (Å²) in [4.78, 5) is 1.41. The lowest BCUT2D eigenvalue weighted by molar-refractivity contribution is 0.766. The summed E-state index contributed by atoms with van der Waals surface area (Å²) in [5.74, 6) is 1.23. The van der Waals surface area contributed by atoms with E-state index in [-0.39, 0.29) is 0 Å². The lowest BCUT2D eigenvalue weighted by Gasteiger charge is -2.27. The van der Waals surface area contributed by atoms with E-state index in [1.807, 2.05) is 17.9 Å². The Morgan fingerprint density at radius 2 is 2.18 bits per heavy atom. The van der Waals surface area contributed by atoms with E-state index in [9.17, 15) is 0 Å². The molecule has 1 rings (SSSR count). The van der Waals surface area contributed by atoms with E-state index >= 15 is 0 Å². The normalized spacial score (nSPS) is 13.5. The molecule has 3 heteroatoms. The molecule has 0 radical (unpaired) electrons. The van der Waals surface area contributed by atoms with Gasteiger partial charge in [-0.05, 0) is 18.3 Å². The lowest BCUT2D eigenvalue weighted by Crippen LogP contribution is -1.97. The first kappa shape index (κ1) is 8.65. The van der Waals surface area contributed by atoms with Gasteiger partial charge in [-0.1, -0.05) is 6.92 Å². The minimum atomic E-state index is -0.561. The molecule has 0 aromatic carbocycles. The van der Waals surface area contributed by atoms with E-state index in [4.69, 9.17) is 0 Å². The van der Waals surface area contributed by atoms with Gasteiger partial charge in [0.2, 0.25) is 0 Å². The molecular weight excluding hydrogens is 156 g/mol. The van der Waals surface area contributed by atoms with Crippen LogP contribution in [0.15, 0.2) is 17.3 Å². The van der Waals surface area contributed by atoms with E-state index in [0.29, 0.717) is 0 Å². The van der Waals surface area contributed by atoms with Gasteiger partial charge in [-0.15, -0.1) is 0 Å². The van der Waals surface area contributed by atoms with Gasteiger partial charge in [0, 0.05) is 18.1 Å². The first-order valence-corrected chi connectivity index (χ1v) is 6.38. The van der Waals surface area contributed by atoms with Crippen molar-refractivity contribution in [2.24, 2.45) is 7.05 Å². The van der Waals surface area contributed by atoms with Gasteiger partial charge in [0.15, 0.2) is 0 Å². The van der Waals surface area contributed by atoms with Crippen LogP contribution in [-0.2, 0) is 7.05 Å². The van der Waals surface area contributed by atoms with Crippen LogP contribution < -0.4 is 0 Å². The van der Waals surface area contributed by atoms with Gasteiger partial charge < -0.3 is 0 Å². The van der Waals surface area contributed by atoms with Crippen LogP contribution in [0.3, 0.4) is 0 Å². The molecule has 0 spiro atoms. The van der Waals surface area contributed by atoms with Crippen molar-refractivity contribution >= 4 is 10.0 Å². The van der Waals surface area contributed by atoms with E-state index in [2.05, 4.69) is 30.7 Å². The van der Waals surface area contributed by atoms with E-state index in [1.165, 1.54) is 10.6 Å². The fourth-order valence-electron chi connectivity index (χ4n) is 0.851. The van der Waals surface area contributed by atoms with Crippen molar-refractivity contribution in [1.29, 1.82) is 0 Å². The Hall–Kier alpha value is -0.440. The van der Waals surface area contributed by atoms with Crippen LogP contribution in [0.25, 0.3) is 0 Å². The van der Waals surface area contributed by atoms with E-state index < -0.39 is 10.0 Å². The molecule has 0 atom stereocenters. The molecule has 0 aliphatic carbocycles. The molecule has 0 unspecified atom stereocenters. The average Bonchev–Trinajstić information content (AvgIpc) is 2.36. The van der Waals surface area contributed by atoms with Crippen molar-refractivity contribution in [3.63, 3.8) is 0 Å². The molecule has 0 saturated carbocycles. The number of aromatic nitrogens is 2. The molecule has 0 saturated heterocycles. The molecule has 0 aliphatic heterocycles. The smallest absolute Gasteiger partial charge is 0.0610 e. The first-order chi connectivity index (χ1) is 5.06. The summed E-state index contributed by atoms with van der Waals surface area (Å²) in [6, 6.07) is 0. The third-order valence-corrected chi connectivity index (χ3v) is 4.97. The summed E-state index contributed by atoms with van der Waals surface area (Å²) in [5, 5.41) is 4.17. The Bertz CT molecular complexity index is 240. The Morgan fingerprint density at radius 3 is 2.55 bits per heavy atom. The third kappa shape index (κ3) is 1.77. The summed E-state index contributed by atoms with van der Waals surface area (Å²) < 4.78 is 1.87. The molecule has 0 aliphatic rings. The van der Waals surface area contributed by atoms with Gasteiger partial charge >= 0.3 is 0 Å². The van der Waals surface area contributed by atoms with Crippen molar-refractivity contribution < 1.29 is 0 Å². The van der Waals surface area contributed by atoms with Crippen LogP contribution in [0.4, 0.5) is 0 Å². The Morgan fingerprint density at radius 1 is 1.55 bits per heavy atom. The van der Waals surface area contributed by atoms with Crippen LogP contribution in [0, 0.1) is 0 Å². The number of aryl methyl sites for hydroxylation is 1. The van der Waals surface area contributed by atoms with Gasteiger partial charge in [-0.25, -0.2) is 10.0 Å². The standard InChI is InChI=1S/C8H16N2S/c1-5-11(3,4)8-6-9-10(2)7-8/h6-7H,5H2,1-4H3. The first-order valence-electron chi connectivity index (χ1n) is 3.76. The fourth-order valence-corrected chi connectivity index (χ4v) is 1.95. The van der Waals surface area contributed by atoms with Crippen molar-refractivity contribution in [3.8, 4) is 0 Å². The highest BCUT2D eigenvalue weighted by atomic mass is 32.3. The summed E-state index contributed by atoms with van der Waals surface area (Å²) >= 11 is 0. The highest BCUT2D eigenvalue weighted by Crippen LogP contribution is 2.47. The quantitative estimate of drug-likeness (QED) is 0.666. The molecule has 1 heterocycles. The van der Waals surface area contributed by atoms with Crippen molar-refractivity contribution in [2.75, 3.05) is 18.3 Å². The van der Waals surface area contributed by atoms with Crippen LogP contribution >= 0.6 is 10.0 Å². The Labute approximate surface area is 69.9 Å². The van der Waals surface area contributed by atoms with Gasteiger partial charge in [0.25, 0.3) is 0 Å². The molecule has 1 aromatic heterocycles. The molecule has 11 heavy (non-hydrogen) atoms. The second kappa shape index (κ2) is 2.89. The number of nitrogens with zero attached hydrogens (tertiary/aromatic N) is 2. The predicted octanol–water partition coefficient (Wildman–Crippen LogP) is 1.86. The topological polar surface area (TPSA) is 17.8 Å². The van der Waals surface area contributed by atoms with Gasteiger partial charge in [-0.3, -0.25) is 4.68 Å². The summed E-state index contributed by atoms with van der Waals surface area (Å²) in [6.45, 7) is 2.24. The van der Waals surface area contributed by atoms with Crippen molar-refractivity contribution in [3.05, 3.63) is 12.4 Å². The molecule has 0 amide bonds. The van der Waals surface area contributed by atoms with Crippen LogP contribution in [0.5, 0.6) is 0 Å². The van der Waals surface area contributed by atoms with E-state index in [1.54, 1.807) is 0 Å². The second-order valence-electron chi connectivity index (χ2n) is 3.18. The van der Waals surface area contributed by atoms with Gasteiger partial charge in [-0.2, -0.15) is 5.10 Å². The van der Waals surface area contributed by atoms with Gasteiger partial charge in [0.1, 0.15) is 0 Å². The zero-order valence-electron chi connectivity index (χ0n) is 7.66. The Balaban J connectivity index is 2.92. The predicted molar refractivity (Wildman–Crippen MR) is 51.5 cm³/mol. The maximum Gasteiger partial charge on any atom is 0.0610 e. The molecular formula is C8H16N2S. The largest absolute Gasteiger partial charge is 0.275 e. The zero-order valence-corrected chi connectivity index (χ0v) is 8.48. The SMILES string of the molecule is CCS(C)(C)c1cnn(C)c1. The number of rotatable bonds is 2. The monoisotopic (exact) mass is 172 g/mol. The lowest BCUT2D eigenvalue weighted by atomic mass is 10.7. The molecule has 1 aromatic rings. The summed E-state index contributed by atoms with van der Waals surface area (Å²) in [5.41, 5.74) is 0.